The van der Waals surface area contributed by atoms with E-state index < -0.39 is 0 Å². The second kappa shape index (κ2) is 7.10. The largest absolute Gasteiger partial charge is 0.487 e. The standard InChI is InChI=1S/C22H26N2O2/c1-22(10-3-2-4-11-22)21(25)24-15-18-14-17-6-5-7-19(20(17)26-18)16-8-12-23-13-9-16/h5-9,12-13,18H,2-4,10-11,14-15H2,1H3,(H,24,25)/t18-/m0/s1. The summed E-state index contributed by atoms with van der Waals surface area (Å²) in [6.45, 7) is 2.67. The summed E-state index contributed by atoms with van der Waals surface area (Å²) in [4.78, 5) is 16.8. The Balaban J connectivity index is 1.42. The van der Waals surface area contributed by atoms with Crippen LogP contribution in [0, 0.1) is 5.41 Å². The first kappa shape index (κ1) is 17.1. The number of aromatic nitrogens is 1. The van der Waals surface area contributed by atoms with Gasteiger partial charge in [0.2, 0.25) is 5.91 Å². The number of hydrogen-bond acceptors (Lipinski definition) is 3. The summed E-state index contributed by atoms with van der Waals surface area (Å²) in [5.41, 5.74) is 3.21. The minimum atomic E-state index is -0.202. The number of nitrogens with one attached hydrogen (secondary N) is 1. The summed E-state index contributed by atoms with van der Waals surface area (Å²) in [7, 11) is 0. The Hall–Kier alpha value is -2.36. The van der Waals surface area contributed by atoms with Crippen LogP contribution in [0.1, 0.15) is 44.6 Å². The molecule has 1 fully saturated rings. The van der Waals surface area contributed by atoms with E-state index in [1.165, 1.54) is 12.0 Å². The Kier molecular flexibility index (Phi) is 4.66. The van der Waals surface area contributed by atoms with Crippen LogP contribution in [0.4, 0.5) is 0 Å². The van der Waals surface area contributed by atoms with E-state index in [1.54, 1.807) is 12.4 Å². The smallest absolute Gasteiger partial charge is 0.226 e. The SMILES string of the molecule is CC1(C(=O)NC[C@@H]2Cc3cccc(-c4ccncc4)c3O2)CCCCC1. The van der Waals surface area contributed by atoms with Crippen LogP contribution >= 0.6 is 0 Å². The van der Waals surface area contributed by atoms with Gasteiger partial charge in [-0.3, -0.25) is 9.78 Å². The van der Waals surface area contributed by atoms with Crippen molar-refractivity contribution in [3.8, 4) is 16.9 Å². The molecule has 0 unspecified atom stereocenters. The number of nitrogens with zero attached hydrogens (tertiary/aromatic N) is 1. The van der Waals surface area contributed by atoms with Crippen molar-refractivity contribution in [2.24, 2.45) is 5.41 Å². The number of amides is 1. The van der Waals surface area contributed by atoms with E-state index in [9.17, 15) is 4.79 Å². The van der Waals surface area contributed by atoms with Gasteiger partial charge in [0.1, 0.15) is 11.9 Å². The lowest BCUT2D eigenvalue weighted by molar-refractivity contribution is -0.132. The summed E-state index contributed by atoms with van der Waals surface area (Å²) in [5.74, 6) is 1.13. The van der Waals surface area contributed by atoms with Gasteiger partial charge in [0.05, 0.1) is 6.54 Å². The van der Waals surface area contributed by atoms with E-state index in [1.807, 2.05) is 12.1 Å². The fraction of sp³-hybridized carbons (Fsp3) is 0.455. The van der Waals surface area contributed by atoms with Crippen LogP contribution in [-0.4, -0.2) is 23.5 Å². The molecule has 2 aromatic rings. The van der Waals surface area contributed by atoms with Crippen LogP contribution in [0.3, 0.4) is 0 Å². The lowest BCUT2D eigenvalue weighted by atomic mass is 9.75. The zero-order valence-electron chi connectivity index (χ0n) is 15.3. The second-order valence-electron chi connectivity index (χ2n) is 7.81. The highest BCUT2D eigenvalue weighted by atomic mass is 16.5. The van der Waals surface area contributed by atoms with E-state index >= 15 is 0 Å². The molecule has 1 aliphatic heterocycles. The molecule has 136 valence electrons. The zero-order valence-corrected chi connectivity index (χ0v) is 15.3. The molecule has 0 radical (unpaired) electrons. The topological polar surface area (TPSA) is 51.2 Å². The predicted octanol–water partition coefficient (Wildman–Crippen LogP) is 4.14. The number of pyridine rings is 1. The number of ether oxygens (including phenoxy) is 1. The van der Waals surface area contributed by atoms with E-state index in [2.05, 4.69) is 35.4 Å². The van der Waals surface area contributed by atoms with Crippen molar-refractivity contribution in [1.29, 1.82) is 0 Å². The Morgan fingerprint density at radius 2 is 1.96 bits per heavy atom. The lowest BCUT2D eigenvalue weighted by Crippen LogP contribution is -2.44. The summed E-state index contributed by atoms with van der Waals surface area (Å²) < 4.78 is 6.23. The summed E-state index contributed by atoms with van der Waals surface area (Å²) in [6.07, 6.45) is 10.00. The number of hydrogen-bond donors (Lipinski definition) is 1. The Morgan fingerprint density at radius 3 is 2.73 bits per heavy atom. The third-order valence-corrected chi connectivity index (χ3v) is 5.82. The first-order chi connectivity index (χ1) is 12.7. The van der Waals surface area contributed by atoms with Gasteiger partial charge < -0.3 is 10.1 Å². The van der Waals surface area contributed by atoms with Crippen molar-refractivity contribution in [3.63, 3.8) is 0 Å². The zero-order chi connectivity index (χ0) is 18.0. The van der Waals surface area contributed by atoms with Gasteiger partial charge in [-0.05, 0) is 36.1 Å². The molecule has 1 aliphatic carbocycles. The van der Waals surface area contributed by atoms with Crippen molar-refractivity contribution in [3.05, 3.63) is 48.3 Å². The van der Waals surface area contributed by atoms with Crippen LogP contribution in [0.25, 0.3) is 11.1 Å². The number of rotatable bonds is 4. The van der Waals surface area contributed by atoms with Crippen molar-refractivity contribution in [2.45, 2.75) is 51.6 Å². The Bertz CT molecular complexity index is 782. The molecular formula is C22H26N2O2. The molecule has 0 spiro atoms. The number of carbonyl (C=O) groups is 1. The van der Waals surface area contributed by atoms with Gasteiger partial charge in [0.25, 0.3) is 0 Å². The van der Waals surface area contributed by atoms with Gasteiger partial charge in [-0.15, -0.1) is 0 Å². The molecule has 1 saturated carbocycles. The van der Waals surface area contributed by atoms with Crippen molar-refractivity contribution in [2.75, 3.05) is 6.54 Å². The third-order valence-electron chi connectivity index (χ3n) is 5.82. The maximum absolute atomic E-state index is 12.7. The van der Waals surface area contributed by atoms with Crippen molar-refractivity contribution < 1.29 is 9.53 Å². The summed E-state index contributed by atoms with van der Waals surface area (Å²) in [6, 6.07) is 10.3. The van der Waals surface area contributed by atoms with Crippen LogP contribution in [-0.2, 0) is 11.2 Å². The average molecular weight is 350 g/mol. The molecule has 4 rings (SSSR count). The van der Waals surface area contributed by atoms with Gasteiger partial charge in [-0.25, -0.2) is 0 Å². The number of benzene rings is 1. The molecule has 1 atom stereocenters. The summed E-state index contributed by atoms with van der Waals surface area (Å²) >= 11 is 0. The van der Waals surface area contributed by atoms with Crippen molar-refractivity contribution in [1.82, 2.24) is 10.3 Å². The number of carbonyl (C=O) groups excluding carboxylic acids is 1. The van der Waals surface area contributed by atoms with E-state index in [4.69, 9.17) is 4.74 Å². The van der Waals surface area contributed by atoms with Crippen molar-refractivity contribution >= 4 is 5.91 Å². The fourth-order valence-electron chi connectivity index (χ4n) is 4.19. The maximum Gasteiger partial charge on any atom is 0.226 e. The van der Waals surface area contributed by atoms with Gasteiger partial charge >= 0.3 is 0 Å². The molecule has 0 bridgehead atoms. The van der Waals surface area contributed by atoms with Gasteiger partial charge in [0.15, 0.2) is 0 Å². The van der Waals surface area contributed by atoms with Crippen LogP contribution < -0.4 is 10.1 Å². The third kappa shape index (κ3) is 3.33. The first-order valence-corrected chi connectivity index (χ1v) is 9.63. The lowest BCUT2D eigenvalue weighted by Gasteiger charge is -2.32. The number of para-hydroxylation sites is 1. The minimum Gasteiger partial charge on any atom is -0.487 e. The highest BCUT2D eigenvalue weighted by molar-refractivity contribution is 5.82. The average Bonchev–Trinajstić information content (AvgIpc) is 3.10. The molecule has 2 aliphatic rings. The van der Waals surface area contributed by atoms with Gasteiger partial charge in [-0.1, -0.05) is 44.4 Å². The number of fused-ring (bicyclic) bond motifs is 1. The molecule has 26 heavy (non-hydrogen) atoms. The molecule has 1 aromatic carbocycles. The van der Waals surface area contributed by atoms with Crippen LogP contribution in [0.2, 0.25) is 0 Å². The predicted molar refractivity (Wildman–Crippen MR) is 102 cm³/mol. The highest BCUT2D eigenvalue weighted by Crippen LogP contribution is 2.39. The monoisotopic (exact) mass is 350 g/mol. The quantitative estimate of drug-likeness (QED) is 0.902. The van der Waals surface area contributed by atoms with Crippen LogP contribution in [0.15, 0.2) is 42.7 Å². The first-order valence-electron chi connectivity index (χ1n) is 9.63. The van der Waals surface area contributed by atoms with E-state index in [0.717, 1.165) is 49.0 Å². The van der Waals surface area contributed by atoms with E-state index in [0.29, 0.717) is 6.54 Å². The van der Waals surface area contributed by atoms with Gasteiger partial charge in [-0.2, -0.15) is 0 Å². The molecule has 1 N–H and O–H groups in total. The van der Waals surface area contributed by atoms with E-state index in [-0.39, 0.29) is 17.4 Å². The van der Waals surface area contributed by atoms with Gasteiger partial charge in [0, 0.05) is 29.8 Å². The summed E-state index contributed by atoms with van der Waals surface area (Å²) in [5, 5.41) is 3.15. The van der Waals surface area contributed by atoms with Crippen LogP contribution in [0.5, 0.6) is 5.75 Å². The molecule has 1 amide bonds. The molecule has 4 nitrogen and oxygen atoms in total. The molecule has 4 heteroatoms. The Morgan fingerprint density at radius 1 is 1.19 bits per heavy atom. The Labute approximate surface area is 155 Å². The maximum atomic E-state index is 12.7. The molecule has 0 saturated heterocycles. The molecular weight excluding hydrogens is 324 g/mol. The minimum absolute atomic E-state index is 0.00382. The highest BCUT2D eigenvalue weighted by Gasteiger charge is 2.35. The second-order valence-corrected chi connectivity index (χ2v) is 7.81. The fourth-order valence-corrected chi connectivity index (χ4v) is 4.19. The molecule has 1 aromatic heterocycles. The molecule has 2 heterocycles. The normalized spacial score (nSPS) is 20.9.